The molecule has 6 heteroatoms. The first kappa shape index (κ1) is 13.3. The van der Waals surface area contributed by atoms with Crippen molar-refractivity contribution in [3.63, 3.8) is 0 Å². The maximum absolute atomic E-state index is 5.72. The number of benzene rings is 1. The van der Waals surface area contributed by atoms with Gasteiger partial charge in [-0.3, -0.25) is 5.10 Å². The molecule has 0 spiro atoms. The number of hydrogen-bond donors (Lipinski definition) is 2. The van der Waals surface area contributed by atoms with Crippen LogP contribution in [0.3, 0.4) is 0 Å². The van der Waals surface area contributed by atoms with Crippen molar-refractivity contribution in [3.05, 3.63) is 34.6 Å². The molecule has 0 fully saturated rings. The first-order valence-corrected chi connectivity index (χ1v) is 7.38. The van der Waals surface area contributed by atoms with Crippen LogP contribution in [0.15, 0.2) is 28.9 Å². The third-order valence-corrected chi connectivity index (χ3v) is 4.12. The molecule has 0 aliphatic carbocycles. The van der Waals surface area contributed by atoms with Crippen LogP contribution in [-0.2, 0) is 0 Å². The summed E-state index contributed by atoms with van der Waals surface area (Å²) in [6, 6.07) is 6.21. The fourth-order valence-corrected chi connectivity index (χ4v) is 2.98. The lowest BCUT2D eigenvalue weighted by Crippen LogP contribution is -2.29. The number of halogens is 1. The van der Waals surface area contributed by atoms with Crippen molar-refractivity contribution < 1.29 is 4.74 Å². The van der Waals surface area contributed by atoms with Gasteiger partial charge in [-0.05, 0) is 35.0 Å². The summed E-state index contributed by atoms with van der Waals surface area (Å²) in [6.07, 6.45) is 1.77. The van der Waals surface area contributed by atoms with Gasteiger partial charge in [0, 0.05) is 7.05 Å². The molecule has 1 unspecified atom stereocenters. The number of aromatic amines is 1. The van der Waals surface area contributed by atoms with E-state index < -0.39 is 0 Å². The summed E-state index contributed by atoms with van der Waals surface area (Å²) in [6.45, 7) is 3.73. The highest BCUT2D eigenvalue weighted by Gasteiger charge is 2.20. The van der Waals surface area contributed by atoms with E-state index in [-0.39, 0.29) is 6.04 Å². The second-order valence-corrected chi connectivity index (χ2v) is 5.77. The molecule has 1 atom stereocenters. The van der Waals surface area contributed by atoms with E-state index in [9.17, 15) is 0 Å². The van der Waals surface area contributed by atoms with Crippen LogP contribution in [0.2, 0.25) is 0 Å². The fraction of sp³-hybridized carbons (Fsp3) is 0.357. The molecule has 1 aromatic heterocycles. The first-order chi connectivity index (χ1) is 9.66. The van der Waals surface area contributed by atoms with Crippen molar-refractivity contribution in [2.45, 2.75) is 13.0 Å². The highest BCUT2D eigenvalue weighted by Crippen LogP contribution is 2.39. The predicted octanol–water partition coefficient (Wildman–Crippen LogP) is 3.17. The van der Waals surface area contributed by atoms with Crippen LogP contribution in [0.1, 0.15) is 18.7 Å². The van der Waals surface area contributed by atoms with Crippen LogP contribution < -0.4 is 15.0 Å². The van der Waals surface area contributed by atoms with Crippen LogP contribution in [0, 0.1) is 0 Å². The van der Waals surface area contributed by atoms with Gasteiger partial charge in [-0.25, -0.2) is 0 Å². The van der Waals surface area contributed by atoms with Gasteiger partial charge < -0.3 is 15.0 Å². The average molecular weight is 337 g/mol. The number of hydrogen-bond acceptors (Lipinski definition) is 4. The Kier molecular flexibility index (Phi) is 3.56. The summed E-state index contributed by atoms with van der Waals surface area (Å²) in [5.41, 5.74) is 3.21. The lowest BCUT2D eigenvalue weighted by Gasteiger charge is -2.30. The molecule has 0 bridgehead atoms. The Labute approximate surface area is 126 Å². The van der Waals surface area contributed by atoms with Gasteiger partial charge in [-0.15, -0.1) is 0 Å². The quantitative estimate of drug-likeness (QED) is 0.903. The number of rotatable bonds is 3. The number of aromatic nitrogens is 2. The van der Waals surface area contributed by atoms with E-state index in [4.69, 9.17) is 4.74 Å². The van der Waals surface area contributed by atoms with E-state index in [1.807, 2.05) is 12.1 Å². The number of para-hydroxylation sites is 1. The summed E-state index contributed by atoms with van der Waals surface area (Å²) < 4.78 is 6.70. The van der Waals surface area contributed by atoms with Crippen molar-refractivity contribution in [1.29, 1.82) is 0 Å². The monoisotopic (exact) mass is 336 g/mol. The minimum atomic E-state index is 0.119. The third-order valence-electron chi connectivity index (χ3n) is 3.49. The summed E-state index contributed by atoms with van der Waals surface area (Å²) in [7, 11) is 2.09. The van der Waals surface area contributed by atoms with Crippen LogP contribution in [-0.4, -0.2) is 30.4 Å². The Bertz CT molecular complexity index is 613. The molecule has 0 amide bonds. The second kappa shape index (κ2) is 5.36. The Balaban J connectivity index is 1.90. The van der Waals surface area contributed by atoms with Crippen molar-refractivity contribution in [2.75, 3.05) is 30.4 Å². The molecule has 1 aliphatic rings. The molecule has 0 radical (unpaired) electrons. The zero-order valence-electron chi connectivity index (χ0n) is 11.5. The number of ether oxygens (including phenoxy) is 1. The second-order valence-electron chi connectivity index (χ2n) is 4.92. The summed E-state index contributed by atoms with van der Waals surface area (Å²) in [4.78, 5) is 2.22. The predicted molar refractivity (Wildman–Crippen MR) is 83.5 cm³/mol. The van der Waals surface area contributed by atoms with Gasteiger partial charge in [0.05, 0.1) is 34.6 Å². The van der Waals surface area contributed by atoms with Crippen LogP contribution in [0.5, 0.6) is 5.75 Å². The van der Waals surface area contributed by atoms with Crippen LogP contribution >= 0.6 is 15.9 Å². The van der Waals surface area contributed by atoms with Gasteiger partial charge in [0.2, 0.25) is 0 Å². The maximum atomic E-state index is 5.72. The minimum Gasteiger partial charge on any atom is -0.489 e. The van der Waals surface area contributed by atoms with E-state index >= 15 is 0 Å². The molecule has 5 nitrogen and oxygen atoms in total. The van der Waals surface area contributed by atoms with Crippen LogP contribution in [0.4, 0.5) is 11.4 Å². The number of likely N-dealkylation sites (N-methyl/N-ethyl adjacent to an activating group) is 1. The Morgan fingerprint density at radius 3 is 3.10 bits per heavy atom. The van der Waals surface area contributed by atoms with Gasteiger partial charge in [0.15, 0.2) is 0 Å². The highest BCUT2D eigenvalue weighted by atomic mass is 79.9. The van der Waals surface area contributed by atoms with Crippen molar-refractivity contribution in [3.8, 4) is 5.75 Å². The molecule has 0 saturated carbocycles. The number of nitrogens with one attached hydrogen (secondary N) is 2. The van der Waals surface area contributed by atoms with E-state index in [1.165, 1.54) is 0 Å². The normalized spacial score (nSPS) is 15.4. The van der Waals surface area contributed by atoms with E-state index in [0.717, 1.165) is 40.4 Å². The molecule has 1 aliphatic heterocycles. The van der Waals surface area contributed by atoms with E-state index in [0.29, 0.717) is 0 Å². The van der Waals surface area contributed by atoms with Gasteiger partial charge in [-0.1, -0.05) is 6.07 Å². The zero-order valence-corrected chi connectivity index (χ0v) is 13.1. The van der Waals surface area contributed by atoms with Crippen molar-refractivity contribution >= 4 is 27.3 Å². The largest absolute Gasteiger partial charge is 0.489 e. The average Bonchev–Trinajstić information content (AvgIpc) is 2.85. The third kappa shape index (κ3) is 2.35. The zero-order chi connectivity index (χ0) is 14.1. The lowest BCUT2D eigenvalue weighted by molar-refractivity contribution is 0.311. The molecule has 1 aromatic carbocycles. The molecular formula is C14H17BrN4O. The summed E-state index contributed by atoms with van der Waals surface area (Å²) in [5.74, 6) is 0.930. The maximum Gasteiger partial charge on any atom is 0.144 e. The number of H-pyrrole nitrogens is 1. The molecular weight excluding hydrogens is 320 g/mol. The number of fused-ring (bicyclic) bond motifs is 1. The Hall–Kier alpha value is -1.69. The van der Waals surface area contributed by atoms with Crippen molar-refractivity contribution in [2.24, 2.45) is 0 Å². The molecule has 2 N–H and O–H groups in total. The van der Waals surface area contributed by atoms with Gasteiger partial charge in [0.25, 0.3) is 0 Å². The molecule has 2 heterocycles. The number of anilines is 2. The molecule has 0 saturated heterocycles. The lowest BCUT2D eigenvalue weighted by atomic mass is 10.1. The molecule has 20 heavy (non-hydrogen) atoms. The van der Waals surface area contributed by atoms with Crippen molar-refractivity contribution in [1.82, 2.24) is 10.2 Å². The minimum absolute atomic E-state index is 0.119. The molecule has 3 rings (SSSR count). The van der Waals surface area contributed by atoms with Gasteiger partial charge >= 0.3 is 0 Å². The fourth-order valence-electron chi connectivity index (χ4n) is 2.44. The first-order valence-electron chi connectivity index (χ1n) is 6.59. The Morgan fingerprint density at radius 1 is 1.50 bits per heavy atom. The van der Waals surface area contributed by atoms with Gasteiger partial charge in [0.1, 0.15) is 18.0 Å². The smallest absolute Gasteiger partial charge is 0.144 e. The van der Waals surface area contributed by atoms with Crippen LogP contribution in [0.25, 0.3) is 0 Å². The highest BCUT2D eigenvalue weighted by molar-refractivity contribution is 9.10. The summed E-state index contributed by atoms with van der Waals surface area (Å²) in [5, 5.41) is 10.6. The summed E-state index contributed by atoms with van der Waals surface area (Å²) >= 11 is 3.50. The topological polar surface area (TPSA) is 53.2 Å². The van der Waals surface area contributed by atoms with E-state index in [2.05, 4.69) is 56.4 Å². The van der Waals surface area contributed by atoms with Gasteiger partial charge in [-0.2, -0.15) is 5.10 Å². The number of nitrogens with zero attached hydrogens (tertiary/aromatic N) is 2. The van der Waals surface area contributed by atoms with E-state index in [1.54, 1.807) is 6.20 Å². The SMILES string of the molecule is CC(Nc1cccc2c1N(C)CCO2)c1[nH]ncc1Br. The Morgan fingerprint density at radius 2 is 2.35 bits per heavy atom. The molecule has 106 valence electrons. The standard InChI is InChI=1S/C14H17BrN4O/c1-9(13-10(15)8-16-18-13)17-11-4-3-5-12-14(11)19(2)6-7-20-12/h3-5,8-9,17H,6-7H2,1-2H3,(H,16,18). The molecule has 2 aromatic rings.